The monoisotopic (exact) mass is 315 g/mol. The molecule has 0 bridgehead atoms. The van der Waals surface area contributed by atoms with Crippen LogP contribution in [0.1, 0.15) is 25.0 Å². The van der Waals surface area contributed by atoms with Gasteiger partial charge in [-0.05, 0) is 47.8 Å². The van der Waals surface area contributed by atoms with Crippen LogP contribution in [0, 0.1) is 12.8 Å². The zero-order chi connectivity index (χ0) is 17.0. The number of benzene rings is 1. The molecule has 0 atom stereocenters. The molecule has 23 heavy (non-hydrogen) atoms. The Kier molecular flexibility index (Phi) is 5.48. The van der Waals surface area contributed by atoms with Crippen LogP contribution in [0.2, 0.25) is 0 Å². The normalized spacial score (nSPS) is 14.4. The van der Waals surface area contributed by atoms with Crippen LogP contribution in [-0.4, -0.2) is 38.2 Å². The van der Waals surface area contributed by atoms with Gasteiger partial charge in [0.25, 0.3) is 0 Å². The summed E-state index contributed by atoms with van der Waals surface area (Å²) in [6.45, 7) is 7.31. The molecule has 0 saturated carbocycles. The highest BCUT2D eigenvalue weighted by Gasteiger charge is 2.20. The summed E-state index contributed by atoms with van der Waals surface area (Å²) in [4.78, 5) is 13.7. The zero-order valence-corrected chi connectivity index (χ0v) is 14.6. The van der Waals surface area contributed by atoms with Gasteiger partial charge in [0.05, 0.1) is 14.2 Å². The van der Waals surface area contributed by atoms with Crippen molar-refractivity contribution in [1.29, 1.82) is 0 Å². The standard InChI is InChI=1S/C19H25NO3/c1-13(2)17-11-16(8-9-20(17)12-19(21)23-5)15-6-7-18(22-4)14(3)10-15/h6-8,10-11,13H,9,12H2,1-5H3. The number of ether oxygens (including phenoxy) is 2. The number of rotatable bonds is 5. The van der Waals surface area contributed by atoms with Gasteiger partial charge in [-0.3, -0.25) is 4.79 Å². The lowest BCUT2D eigenvalue weighted by Crippen LogP contribution is -2.33. The molecule has 1 aromatic carbocycles. The minimum Gasteiger partial charge on any atom is -0.496 e. The van der Waals surface area contributed by atoms with E-state index in [1.54, 1.807) is 7.11 Å². The lowest BCUT2D eigenvalue weighted by molar-refractivity contribution is -0.141. The maximum atomic E-state index is 11.6. The Hall–Kier alpha value is -2.23. The molecule has 1 aliphatic rings. The average Bonchev–Trinajstić information content (AvgIpc) is 2.54. The second-order valence-electron chi connectivity index (χ2n) is 6.02. The smallest absolute Gasteiger partial charge is 0.325 e. The topological polar surface area (TPSA) is 38.8 Å². The first-order chi connectivity index (χ1) is 11.0. The van der Waals surface area contributed by atoms with Crippen molar-refractivity contribution in [3.63, 3.8) is 0 Å². The number of esters is 1. The Balaban J connectivity index is 2.28. The third-order valence-corrected chi connectivity index (χ3v) is 4.07. The summed E-state index contributed by atoms with van der Waals surface area (Å²) in [5.74, 6) is 1.02. The fourth-order valence-electron chi connectivity index (χ4n) is 2.79. The Labute approximate surface area is 138 Å². The van der Waals surface area contributed by atoms with Gasteiger partial charge in [0.1, 0.15) is 12.3 Å². The van der Waals surface area contributed by atoms with E-state index in [9.17, 15) is 4.79 Å². The minimum absolute atomic E-state index is 0.214. The molecule has 1 aromatic rings. The quantitative estimate of drug-likeness (QED) is 0.781. The Morgan fingerprint density at radius 3 is 2.61 bits per heavy atom. The third kappa shape index (κ3) is 3.95. The first-order valence-corrected chi connectivity index (χ1v) is 7.84. The zero-order valence-electron chi connectivity index (χ0n) is 14.6. The molecule has 124 valence electrons. The van der Waals surface area contributed by atoms with Crippen molar-refractivity contribution in [3.05, 3.63) is 47.2 Å². The Bertz CT molecular complexity index is 644. The predicted molar refractivity (Wildman–Crippen MR) is 92.2 cm³/mol. The van der Waals surface area contributed by atoms with Crippen LogP contribution in [0.25, 0.3) is 5.57 Å². The van der Waals surface area contributed by atoms with Crippen molar-refractivity contribution in [2.45, 2.75) is 20.8 Å². The SMILES string of the molecule is COC(=O)CN1CC=C(c2ccc(OC)c(C)c2)C=C1C(C)C. The van der Waals surface area contributed by atoms with E-state index in [2.05, 4.69) is 43.0 Å². The Morgan fingerprint density at radius 1 is 1.30 bits per heavy atom. The summed E-state index contributed by atoms with van der Waals surface area (Å²) >= 11 is 0. The molecule has 0 aliphatic carbocycles. The van der Waals surface area contributed by atoms with Gasteiger partial charge in [0, 0.05) is 12.2 Å². The number of carbonyl (C=O) groups is 1. The maximum Gasteiger partial charge on any atom is 0.325 e. The molecule has 0 fully saturated rings. The molecule has 4 heteroatoms. The van der Waals surface area contributed by atoms with Crippen LogP contribution in [-0.2, 0) is 9.53 Å². The largest absolute Gasteiger partial charge is 0.496 e. The fourth-order valence-corrected chi connectivity index (χ4v) is 2.79. The molecule has 1 heterocycles. The predicted octanol–water partition coefficient (Wildman–Crippen LogP) is 3.42. The van der Waals surface area contributed by atoms with E-state index in [1.165, 1.54) is 18.2 Å². The summed E-state index contributed by atoms with van der Waals surface area (Å²) in [6, 6.07) is 6.20. The third-order valence-electron chi connectivity index (χ3n) is 4.07. The number of carbonyl (C=O) groups excluding carboxylic acids is 1. The van der Waals surface area contributed by atoms with Crippen molar-refractivity contribution >= 4 is 11.5 Å². The number of nitrogens with zero attached hydrogens (tertiary/aromatic N) is 1. The summed E-state index contributed by atoms with van der Waals surface area (Å²) in [6.07, 6.45) is 4.31. The average molecular weight is 315 g/mol. The molecule has 0 aromatic heterocycles. The molecule has 2 rings (SSSR count). The van der Waals surface area contributed by atoms with E-state index in [0.717, 1.165) is 17.0 Å². The number of methoxy groups -OCH3 is 2. The fraction of sp³-hybridized carbons (Fsp3) is 0.421. The van der Waals surface area contributed by atoms with Crippen LogP contribution in [0.5, 0.6) is 5.75 Å². The number of aryl methyl sites for hydroxylation is 1. The van der Waals surface area contributed by atoms with E-state index < -0.39 is 0 Å². The van der Waals surface area contributed by atoms with E-state index in [4.69, 9.17) is 9.47 Å². The van der Waals surface area contributed by atoms with Gasteiger partial charge in [0.2, 0.25) is 0 Å². The molecule has 0 unspecified atom stereocenters. The molecule has 0 N–H and O–H groups in total. The number of allylic oxidation sites excluding steroid dienone is 3. The van der Waals surface area contributed by atoms with Crippen molar-refractivity contribution in [2.24, 2.45) is 5.92 Å². The molecule has 0 spiro atoms. The first-order valence-electron chi connectivity index (χ1n) is 7.84. The van der Waals surface area contributed by atoms with Gasteiger partial charge >= 0.3 is 5.97 Å². The highest BCUT2D eigenvalue weighted by molar-refractivity contribution is 5.78. The van der Waals surface area contributed by atoms with E-state index in [-0.39, 0.29) is 12.5 Å². The van der Waals surface area contributed by atoms with E-state index >= 15 is 0 Å². The maximum absolute atomic E-state index is 11.6. The summed E-state index contributed by atoms with van der Waals surface area (Å²) in [7, 11) is 3.11. The molecular weight excluding hydrogens is 290 g/mol. The molecule has 4 nitrogen and oxygen atoms in total. The van der Waals surface area contributed by atoms with Crippen LogP contribution in [0.4, 0.5) is 0 Å². The van der Waals surface area contributed by atoms with Crippen LogP contribution in [0.3, 0.4) is 0 Å². The van der Waals surface area contributed by atoms with Crippen LogP contribution >= 0.6 is 0 Å². The van der Waals surface area contributed by atoms with E-state index in [0.29, 0.717) is 12.5 Å². The van der Waals surface area contributed by atoms with Crippen LogP contribution < -0.4 is 4.74 Å². The summed E-state index contributed by atoms with van der Waals surface area (Å²) in [5, 5.41) is 0. The van der Waals surface area contributed by atoms with Gasteiger partial charge in [0.15, 0.2) is 0 Å². The number of hydrogen-bond acceptors (Lipinski definition) is 4. The van der Waals surface area contributed by atoms with Gasteiger partial charge in [-0.2, -0.15) is 0 Å². The Morgan fingerprint density at radius 2 is 2.04 bits per heavy atom. The number of hydrogen-bond donors (Lipinski definition) is 0. The van der Waals surface area contributed by atoms with Gasteiger partial charge < -0.3 is 14.4 Å². The lowest BCUT2D eigenvalue weighted by Gasteiger charge is -2.31. The lowest BCUT2D eigenvalue weighted by atomic mass is 9.96. The molecule has 1 aliphatic heterocycles. The summed E-state index contributed by atoms with van der Waals surface area (Å²) in [5.41, 5.74) is 4.61. The highest BCUT2D eigenvalue weighted by atomic mass is 16.5. The molecule has 0 saturated heterocycles. The van der Waals surface area contributed by atoms with Gasteiger partial charge in [-0.15, -0.1) is 0 Å². The minimum atomic E-state index is -0.214. The van der Waals surface area contributed by atoms with Gasteiger partial charge in [-0.25, -0.2) is 0 Å². The van der Waals surface area contributed by atoms with Crippen molar-refractivity contribution in [2.75, 3.05) is 27.3 Å². The van der Waals surface area contributed by atoms with Crippen LogP contribution in [0.15, 0.2) is 36.0 Å². The van der Waals surface area contributed by atoms with Crippen molar-refractivity contribution < 1.29 is 14.3 Å². The molecule has 0 radical (unpaired) electrons. The second kappa shape index (κ2) is 7.36. The summed E-state index contributed by atoms with van der Waals surface area (Å²) < 4.78 is 10.1. The van der Waals surface area contributed by atoms with Crippen molar-refractivity contribution in [1.82, 2.24) is 4.90 Å². The van der Waals surface area contributed by atoms with E-state index in [1.807, 2.05) is 13.0 Å². The molecular formula is C19H25NO3. The second-order valence-corrected chi connectivity index (χ2v) is 6.02. The first kappa shape index (κ1) is 17.1. The van der Waals surface area contributed by atoms with Crippen molar-refractivity contribution in [3.8, 4) is 5.75 Å². The van der Waals surface area contributed by atoms with Gasteiger partial charge in [-0.1, -0.05) is 26.0 Å². The highest BCUT2D eigenvalue weighted by Crippen LogP contribution is 2.29. The molecule has 0 amide bonds.